The molecule has 0 spiro atoms. The van der Waals surface area contributed by atoms with Gasteiger partial charge in [-0.1, -0.05) is 6.07 Å². The highest BCUT2D eigenvalue weighted by Gasteiger charge is 2.36. The molecule has 1 aromatic carbocycles. The third-order valence-corrected chi connectivity index (χ3v) is 3.40. The molecule has 2 rings (SSSR count). The largest absolute Gasteiger partial charge is 0.504 e. The minimum atomic E-state index is -4.29. The summed E-state index contributed by atoms with van der Waals surface area (Å²) < 4.78 is 38.3. The summed E-state index contributed by atoms with van der Waals surface area (Å²) in [5.74, 6) is -0.732. The van der Waals surface area contributed by atoms with Crippen molar-refractivity contribution >= 4 is 12.4 Å². The summed E-state index contributed by atoms with van der Waals surface area (Å²) in [7, 11) is 0. The molecule has 0 radical (unpaired) electrons. The predicted octanol–water partition coefficient (Wildman–Crippen LogP) is 2.42. The topological polar surface area (TPSA) is 55.7 Å². The molecule has 0 unspecified atom stereocenters. The third kappa shape index (κ3) is 4.94. The predicted molar refractivity (Wildman–Crippen MR) is 74.9 cm³/mol. The molecule has 0 bridgehead atoms. The van der Waals surface area contributed by atoms with E-state index in [9.17, 15) is 23.4 Å². The number of phenols is 2. The lowest BCUT2D eigenvalue weighted by Gasteiger charge is -2.35. The van der Waals surface area contributed by atoms with Crippen LogP contribution in [0.2, 0.25) is 0 Å². The van der Waals surface area contributed by atoms with E-state index in [2.05, 4.69) is 5.32 Å². The van der Waals surface area contributed by atoms with E-state index in [1.165, 1.54) is 18.2 Å². The third-order valence-electron chi connectivity index (χ3n) is 3.40. The molecular weight excluding hydrogens is 309 g/mol. The van der Waals surface area contributed by atoms with E-state index in [1.54, 1.807) is 4.90 Å². The number of benzene rings is 1. The fraction of sp³-hybridized carbons (Fsp3) is 0.538. The van der Waals surface area contributed by atoms with Gasteiger partial charge in [0.2, 0.25) is 0 Å². The van der Waals surface area contributed by atoms with Gasteiger partial charge in [0.25, 0.3) is 0 Å². The lowest BCUT2D eigenvalue weighted by molar-refractivity contribution is -0.148. The minimum absolute atomic E-state index is 0. The normalized spacial score (nSPS) is 18.0. The Bertz CT molecular complexity index is 465. The molecular formula is C13H18ClF3N2O2. The number of phenolic OH excluding ortho intramolecular Hbond substituents is 2. The van der Waals surface area contributed by atoms with Gasteiger partial charge in [0.1, 0.15) is 0 Å². The van der Waals surface area contributed by atoms with Crippen molar-refractivity contribution in [3.05, 3.63) is 23.8 Å². The molecule has 1 aromatic rings. The van der Waals surface area contributed by atoms with Crippen LogP contribution in [0.5, 0.6) is 11.5 Å². The maximum atomic E-state index is 12.8. The van der Waals surface area contributed by atoms with Crippen LogP contribution in [-0.2, 0) is 0 Å². The van der Waals surface area contributed by atoms with E-state index >= 15 is 0 Å². The number of nitrogens with zero attached hydrogens (tertiary/aromatic N) is 1. The second-order valence-corrected chi connectivity index (χ2v) is 4.87. The monoisotopic (exact) mass is 326 g/mol. The van der Waals surface area contributed by atoms with E-state index in [-0.39, 0.29) is 18.2 Å². The van der Waals surface area contributed by atoms with Crippen LogP contribution in [0.15, 0.2) is 18.2 Å². The summed E-state index contributed by atoms with van der Waals surface area (Å²) in [6.45, 7) is 2.31. The van der Waals surface area contributed by atoms with Crippen molar-refractivity contribution in [3.8, 4) is 11.5 Å². The first kappa shape index (κ1) is 17.9. The molecule has 1 fully saturated rings. The van der Waals surface area contributed by atoms with Crippen molar-refractivity contribution in [3.63, 3.8) is 0 Å². The highest BCUT2D eigenvalue weighted by Crippen LogP contribution is 2.37. The van der Waals surface area contributed by atoms with E-state index < -0.39 is 24.4 Å². The maximum Gasteiger partial charge on any atom is 0.390 e. The summed E-state index contributed by atoms with van der Waals surface area (Å²) in [6, 6.07) is 3.00. The summed E-state index contributed by atoms with van der Waals surface area (Å²) >= 11 is 0. The van der Waals surface area contributed by atoms with Gasteiger partial charge in [0, 0.05) is 32.2 Å². The van der Waals surface area contributed by atoms with E-state index in [4.69, 9.17) is 0 Å². The molecule has 1 saturated heterocycles. The number of rotatable bonds is 3. The van der Waals surface area contributed by atoms with E-state index in [0.29, 0.717) is 31.7 Å². The number of aromatic hydroxyl groups is 2. The summed E-state index contributed by atoms with van der Waals surface area (Å²) in [5.41, 5.74) is 0.361. The SMILES string of the molecule is Cl.Oc1ccc([C@@H](CC(F)(F)F)N2CCNCC2)cc1O. The molecule has 21 heavy (non-hydrogen) atoms. The standard InChI is InChI=1S/C13H17F3N2O2.ClH/c14-13(15,16)8-10(18-5-3-17-4-6-18)9-1-2-11(19)12(20)7-9;/h1-2,7,10,17,19-20H,3-6,8H2;1H/t10-;/m1./s1. The van der Waals surface area contributed by atoms with Crippen LogP contribution in [0, 0.1) is 0 Å². The average molecular weight is 327 g/mol. The molecule has 0 aliphatic carbocycles. The highest BCUT2D eigenvalue weighted by molar-refractivity contribution is 5.85. The number of piperazine rings is 1. The van der Waals surface area contributed by atoms with Crippen LogP contribution in [0.25, 0.3) is 0 Å². The van der Waals surface area contributed by atoms with Gasteiger partial charge in [-0.15, -0.1) is 12.4 Å². The Morgan fingerprint density at radius 3 is 2.29 bits per heavy atom. The Hall–Kier alpha value is -1.18. The molecule has 3 N–H and O–H groups in total. The van der Waals surface area contributed by atoms with Crippen molar-refractivity contribution in [2.75, 3.05) is 26.2 Å². The van der Waals surface area contributed by atoms with Crippen molar-refractivity contribution in [2.24, 2.45) is 0 Å². The smallest absolute Gasteiger partial charge is 0.390 e. The Morgan fingerprint density at radius 1 is 1.14 bits per heavy atom. The fourth-order valence-corrected chi connectivity index (χ4v) is 2.42. The first-order chi connectivity index (χ1) is 9.37. The van der Waals surface area contributed by atoms with Crippen LogP contribution in [0.4, 0.5) is 13.2 Å². The van der Waals surface area contributed by atoms with Crippen LogP contribution in [0.1, 0.15) is 18.0 Å². The Balaban J connectivity index is 0.00000220. The van der Waals surface area contributed by atoms with Crippen LogP contribution >= 0.6 is 12.4 Å². The average Bonchev–Trinajstić information content (AvgIpc) is 2.39. The van der Waals surface area contributed by atoms with Crippen LogP contribution < -0.4 is 5.32 Å². The van der Waals surface area contributed by atoms with Gasteiger partial charge in [-0.05, 0) is 17.7 Å². The number of alkyl halides is 3. The summed E-state index contributed by atoms with van der Waals surface area (Å²) in [6.07, 6.45) is -5.26. The number of hydrogen-bond donors (Lipinski definition) is 3. The van der Waals surface area contributed by atoms with Crippen LogP contribution in [0.3, 0.4) is 0 Å². The second kappa shape index (κ2) is 7.20. The molecule has 0 aromatic heterocycles. The van der Waals surface area contributed by atoms with Gasteiger partial charge in [-0.3, -0.25) is 4.90 Å². The molecule has 1 aliphatic heterocycles. The molecule has 8 heteroatoms. The van der Waals surface area contributed by atoms with Crippen LogP contribution in [-0.4, -0.2) is 47.5 Å². The van der Waals surface area contributed by atoms with Gasteiger partial charge in [0.05, 0.1) is 6.42 Å². The first-order valence-corrected chi connectivity index (χ1v) is 6.40. The molecule has 1 atom stereocenters. The Morgan fingerprint density at radius 2 is 1.76 bits per heavy atom. The van der Waals surface area contributed by atoms with E-state index in [1.807, 2.05) is 0 Å². The molecule has 0 saturated carbocycles. The van der Waals surface area contributed by atoms with Gasteiger partial charge < -0.3 is 15.5 Å². The summed E-state index contributed by atoms with van der Waals surface area (Å²) in [4.78, 5) is 1.75. The van der Waals surface area contributed by atoms with Crippen molar-refractivity contribution in [1.82, 2.24) is 10.2 Å². The number of nitrogens with one attached hydrogen (secondary N) is 1. The zero-order valence-corrected chi connectivity index (χ0v) is 12.0. The van der Waals surface area contributed by atoms with Gasteiger partial charge in [0.15, 0.2) is 11.5 Å². The quantitative estimate of drug-likeness (QED) is 0.747. The minimum Gasteiger partial charge on any atom is -0.504 e. The molecule has 1 aliphatic rings. The molecule has 120 valence electrons. The van der Waals surface area contributed by atoms with Crippen molar-refractivity contribution in [1.29, 1.82) is 0 Å². The number of halogens is 4. The zero-order chi connectivity index (χ0) is 14.8. The first-order valence-electron chi connectivity index (χ1n) is 6.40. The number of hydrogen-bond acceptors (Lipinski definition) is 4. The van der Waals surface area contributed by atoms with Gasteiger partial charge in [-0.25, -0.2) is 0 Å². The lowest BCUT2D eigenvalue weighted by atomic mass is 10.00. The summed E-state index contributed by atoms with van der Waals surface area (Å²) in [5, 5.41) is 21.8. The molecule has 4 nitrogen and oxygen atoms in total. The molecule has 1 heterocycles. The molecule has 0 amide bonds. The lowest BCUT2D eigenvalue weighted by Crippen LogP contribution is -2.46. The highest BCUT2D eigenvalue weighted by atomic mass is 35.5. The van der Waals surface area contributed by atoms with Crippen molar-refractivity contribution in [2.45, 2.75) is 18.6 Å². The van der Waals surface area contributed by atoms with Crippen molar-refractivity contribution < 1.29 is 23.4 Å². The van der Waals surface area contributed by atoms with E-state index in [0.717, 1.165) is 0 Å². The second-order valence-electron chi connectivity index (χ2n) is 4.87. The Kier molecular flexibility index (Phi) is 6.12. The van der Waals surface area contributed by atoms with Gasteiger partial charge in [-0.2, -0.15) is 13.2 Å². The fourth-order valence-electron chi connectivity index (χ4n) is 2.42. The Labute approximate surface area is 127 Å². The van der Waals surface area contributed by atoms with Gasteiger partial charge >= 0.3 is 6.18 Å². The zero-order valence-electron chi connectivity index (χ0n) is 11.2. The maximum absolute atomic E-state index is 12.8.